The molecule has 0 radical (unpaired) electrons. The first kappa shape index (κ1) is 21.7. The maximum absolute atomic E-state index is 14.2. The van der Waals surface area contributed by atoms with Crippen LogP contribution in [0.3, 0.4) is 0 Å². The monoisotopic (exact) mass is 443 g/mol. The van der Waals surface area contributed by atoms with E-state index >= 15 is 0 Å². The first-order chi connectivity index (χ1) is 15.3. The van der Waals surface area contributed by atoms with Crippen LogP contribution < -0.4 is 16.4 Å². The molecule has 2 atom stereocenters. The average molecular weight is 443 g/mol. The molecule has 1 amide bonds. The summed E-state index contributed by atoms with van der Waals surface area (Å²) in [5.41, 5.74) is 11.5. The highest BCUT2D eigenvalue weighted by molar-refractivity contribution is 6.00. The topological polar surface area (TPSA) is 118 Å². The molecule has 0 bridgehead atoms. The minimum atomic E-state index is -0.979. The van der Waals surface area contributed by atoms with Gasteiger partial charge in [0.25, 0.3) is 5.91 Å². The fraction of sp³-hybridized carbons (Fsp3) is 0.227. The number of hydrogen-bond donors (Lipinski definition) is 3. The number of nitrogens with zero attached hydrogens (tertiary/aromatic N) is 3. The van der Waals surface area contributed by atoms with E-state index in [4.69, 9.17) is 11.5 Å². The Labute approximate surface area is 181 Å². The third kappa shape index (κ3) is 3.90. The number of aliphatic hydroxyl groups excluding tert-OH is 1. The van der Waals surface area contributed by atoms with Crippen molar-refractivity contribution in [1.82, 2.24) is 9.97 Å². The van der Waals surface area contributed by atoms with Crippen LogP contribution in [0.25, 0.3) is 22.5 Å². The lowest BCUT2D eigenvalue weighted by atomic mass is 10.0. The van der Waals surface area contributed by atoms with Crippen LogP contribution in [0.4, 0.5) is 18.9 Å². The van der Waals surface area contributed by atoms with Crippen LogP contribution in [0, 0.1) is 17.5 Å². The Kier molecular flexibility index (Phi) is 5.81. The van der Waals surface area contributed by atoms with Gasteiger partial charge in [0.1, 0.15) is 23.1 Å². The van der Waals surface area contributed by atoms with Gasteiger partial charge in [-0.1, -0.05) is 6.07 Å². The van der Waals surface area contributed by atoms with Gasteiger partial charge in [-0.3, -0.25) is 4.79 Å². The second kappa shape index (κ2) is 8.56. The zero-order valence-electron chi connectivity index (χ0n) is 16.8. The van der Waals surface area contributed by atoms with E-state index in [1.54, 1.807) is 0 Å². The smallest absolute Gasteiger partial charge is 0.268 e. The van der Waals surface area contributed by atoms with Gasteiger partial charge in [-0.15, -0.1) is 0 Å². The van der Waals surface area contributed by atoms with E-state index in [1.165, 1.54) is 30.5 Å². The van der Waals surface area contributed by atoms with Gasteiger partial charge in [-0.05, 0) is 36.8 Å². The van der Waals surface area contributed by atoms with Crippen molar-refractivity contribution in [1.29, 1.82) is 0 Å². The zero-order chi connectivity index (χ0) is 23.0. The molecule has 1 saturated heterocycles. The molecule has 2 aromatic carbocycles. The predicted molar refractivity (Wildman–Crippen MR) is 112 cm³/mol. The fourth-order valence-corrected chi connectivity index (χ4v) is 3.99. The SMILES string of the molecule is NC(=O)c1nc(-c2c(F)cccc2F)ncc1-c1cc(F)ccc1N1C[C@@H](N)C[C@H]1CO. The minimum Gasteiger partial charge on any atom is -0.394 e. The molecular weight excluding hydrogens is 423 g/mol. The van der Waals surface area contributed by atoms with E-state index < -0.39 is 28.9 Å². The van der Waals surface area contributed by atoms with Crippen LogP contribution in [-0.4, -0.2) is 46.2 Å². The number of anilines is 1. The molecule has 1 fully saturated rings. The number of rotatable bonds is 5. The quantitative estimate of drug-likeness (QED) is 0.557. The Hall–Kier alpha value is -3.50. The Morgan fingerprint density at radius 2 is 1.88 bits per heavy atom. The highest BCUT2D eigenvalue weighted by Gasteiger charge is 2.32. The summed E-state index contributed by atoms with van der Waals surface area (Å²) in [6.45, 7) is 0.227. The summed E-state index contributed by atoms with van der Waals surface area (Å²) in [7, 11) is 0. The summed E-state index contributed by atoms with van der Waals surface area (Å²) < 4.78 is 42.6. The Morgan fingerprint density at radius 3 is 2.53 bits per heavy atom. The molecule has 10 heteroatoms. The molecule has 0 aliphatic carbocycles. The van der Waals surface area contributed by atoms with E-state index in [0.717, 1.165) is 12.1 Å². The number of halogens is 3. The van der Waals surface area contributed by atoms with Crippen molar-refractivity contribution in [3.8, 4) is 22.5 Å². The number of aromatic nitrogens is 2. The summed E-state index contributed by atoms with van der Waals surface area (Å²) >= 11 is 0. The van der Waals surface area contributed by atoms with Gasteiger partial charge >= 0.3 is 0 Å². The summed E-state index contributed by atoms with van der Waals surface area (Å²) in [6.07, 6.45) is 1.70. The number of hydrogen-bond acceptors (Lipinski definition) is 6. The van der Waals surface area contributed by atoms with Crippen LogP contribution in [0.1, 0.15) is 16.9 Å². The van der Waals surface area contributed by atoms with Gasteiger partial charge in [0.2, 0.25) is 0 Å². The second-order valence-electron chi connectivity index (χ2n) is 7.56. The molecule has 32 heavy (non-hydrogen) atoms. The molecule has 3 aromatic rings. The van der Waals surface area contributed by atoms with Crippen molar-refractivity contribution in [2.75, 3.05) is 18.1 Å². The molecular formula is C22H20F3N5O2. The van der Waals surface area contributed by atoms with E-state index in [-0.39, 0.29) is 41.3 Å². The zero-order valence-corrected chi connectivity index (χ0v) is 16.8. The molecule has 2 heterocycles. The number of benzene rings is 2. The van der Waals surface area contributed by atoms with E-state index in [2.05, 4.69) is 9.97 Å². The first-order valence-electron chi connectivity index (χ1n) is 9.84. The van der Waals surface area contributed by atoms with Crippen LogP contribution in [0.2, 0.25) is 0 Å². The number of aliphatic hydroxyl groups is 1. The molecule has 0 spiro atoms. The lowest BCUT2D eigenvalue weighted by Crippen LogP contribution is -2.33. The highest BCUT2D eigenvalue weighted by Crippen LogP contribution is 2.37. The van der Waals surface area contributed by atoms with Gasteiger partial charge in [0.15, 0.2) is 5.82 Å². The molecule has 166 valence electrons. The largest absolute Gasteiger partial charge is 0.394 e. The molecule has 7 nitrogen and oxygen atoms in total. The summed E-state index contributed by atoms with van der Waals surface area (Å²) in [6, 6.07) is 6.68. The van der Waals surface area contributed by atoms with Gasteiger partial charge < -0.3 is 21.5 Å². The molecule has 1 aliphatic heterocycles. The second-order valence-corrected chi connectivity index (χ2v) is 7.56. The Morgan fingerprint density at radius 1 is 1.16 bits per heavy atom. The highest BCUT2D eigenvalue weighted by atomic mass is 19.1. The lowest BCUT2D eigenvalue weighted by molar-refractivity contribution is 0.0996. The van der Waals surface area contributed by atoms with Crippen LogP contribution in [0.15, 0.2) is 42.6 Å². The normalized spacial score (nSPS) is 18.2. The summed E-state index contributed by atoms with van der Waals surface area (Å²) in [4.78, 5) is 22.1. The number of amides is 1. The van der Waals surface area contributed by atoms with E-state index in [1.807, 2.05) is 4.90 Å². The van der Waals surface area contributed by atoms with Crippen molar-refractivity contribution in [2.45, 2.75) is 18.5 Å². The number of primary amides is 1. The summed E-state index contributed by atoms with van der Waals surface area (Å²) in [5, 5.41) is 9.75. The molecule has 4 rings (SSSR count). The molecule has 5 N–H and O–H groups in total. The standard InChI is InChI=1S/C22H20F3N5O2/c23-11-4-5-18(30-9-12(26)7-13(30)10-31)14(6-11)15-8-28-22(29-20(15)21(27)32)19-16(24)2-1-3-17(19)25/h1-6,8,12-13,31H,7,9-10,26H2,(H2,27,32)/t12-,13-/m0/s1. The minimum absolute atomic E-state index is 0.0876. The van der Waals surface area contributed by atoms with Gasteiger partial charge in [-0.25, -0.2) is 23.1 Å². The van der Waals surface area contributed by atoms with Crippen molar-refractivity contribution in [3.63, 3.8) is 0 Å². The van der Waals surface area contributed by atoms with Crippen LogP contribution in [0.5, 0.6) is 0 Å². The van der Waals surface area contributed by atoms with Gasteiger partial charge in [0, 0.05) is 35.6 Å². The molecule has 1 aliphatic rings. The molecule has 0 saturated carbocycles. The maximum Gasteiger partial charge on any atom is 0.268 e. The van der Waals surface area contributed by atoms with Crippen molar-refractivity contribution < 1.29 is 23.1 Å². The number of carbonyl (C=O) groups is 1. The van der Waals surface area contributed by atoms with Crippen molar-refractivity contribution in [3.05, 3.63) is 65.7 Å². The third-order valence-electron chi connectivity index (χ3n) is 5.42. The maximum atomic E-state index is 14.2. The van der Waals surface area contributed by atoms with Crippen molar-refractivity contribution >= 4 is 11.6 Å². The first-order valence-corrected chi connectivity index (χ1v) is 9.84. The van der Waals surface area contributed by atoms with Gasteiger partial charge in [0.05, 0.1) is 18.2 Å². The number of carbonyl (C=O) groups excluding carboxylic acids is 1. The van der Waals surface area contributed by atoms with Crippen LogP contribution >= 0.6 is 0 Å². The van der Waals surface area contributed by atoms with Gasteiger partial charge in [-0.2, -0.15) is 0 Å². The Balaban J connectivity index is 1.89. The van der Waals surface area contributed by atoms with Crippen LogP contribution in [-0.2, 0) is 0 Å². The number of nitrogens with two attached hydrogens (primary N) is 2. The molecule has 0 unspecified atom stereocenters. The summed E-state index contributed by atoms with van der Waals surface area (Å²) in [5.74, 6) is -3.75. The third-order valence-corrected chi connectivity index (χ3v) is 5.42. The predicted octanol–water partition coefficient (Wildman–Crippen LogP) is 2.23. The van der Waals surface area contributed by atoms with E-state index in [0.29, 0.717) is 18.7 Å². The lowest BCUT2D eigenvalue weighted by Gasteiger charge is -2.28. The molecule has 1 aromatic heterocycles. The Bertz CT molecular complexity index is 1170. The van der Waals surface area contributed by atoms with E-state index in [9.17, 15) is 23.1 Å². The average Bonchev–Trinajstić information content (AvgIpc) is 3.14. The fourth-order valence-electron chi connectivity index (χ4n) is 3.99. The van der Waals surface area contributed by atoms with Crippen molar-refractivity contribution in [2.24, 2.45) is 11.5 Å².